The molecule has 0 bridgehead atoms. The lowest BCUT2D eigenvalue weighted by molar-refractivity contribution is -0.115. The number of nitrogens with one attached hydrogen (secondary N) is 2. The molecule has 1 aromatic carbocycles. The molecule has 0 saturated heterocycles. The van der Waals surface area contributed by atoms with E-state index in [0.29, 0.717) is 17.0 Å². The third-order valence-electron chi connectivity index (χ3n) is 4.97. The maximum atomic E-state index is 12.7. The summed E-state index contributed by atoms with van der Waals surface area (Å²) in [6.45, 7) is 7.76. The highest BCUT2D eigenvalue weighted by atomic mass is 32.2. The zero-order valence-electron chi connectivity index (χ0n) is 17.6. The number of aromatic nitrogens is 3. The van der Waals surface area contributed by atoms with Crippen molar-refractivity contribution in [3.63, 3.8) is 0 Å². The Kier molecular flexibility index (Phi) is 6.27. The standard InChI is InChI=1S/C22H22N4O2S3/c1-11-12(2)31-22-19(11)21(28)25-18(26-22)10-29-13(3)20(27)24-16-7-5-6-15(8-16)17-9-30-14(4)23-17/h5-9,13H,10H2,1-4H3,(H,24,27)(H,25,26,28). The number of nitrogens with zero attached hydrogens (tertiary/aromatic N) is 2. The highest BCUT2D eigenvalue weighted by molar-refractivity contribution is 7.99. The molecule has 31 heavy (non-hydrogen) atoms. The summed E-state index contributed by atoms with van der Waals surface area (Å²) in [5.74, 6) is 0.945. The minimum absolute atomic E-state index is 0.0946. The maximum absolute atomic E-state index is 12.7. The van der Waals surface area contributed by atoms with E-state index in [0.717, 1.165) is 37.2 Å². The fraction of sp³-hybridized carbons (Fsp3) is 0.273. The lowest BCUT2D eigenvalue weighted by atomic mass is 10.1. The predicted octanol–water partition coefficient (Wildman–Crippen LogP) is 5.29. The molecule has 0 saturated carbocycles. The Morgan fingerprint density at radius 1 is 1.26 bits per heavy atom. The lowest BCUT2D eigenvalue weighted by Crippen LogP contribution is -2.23. The molecule has 9 heteroatoms. The Balaban J connectivity index is 1.41. The minimum atomic E-state index is -0.307. The van der Waals surface area contributed by atoms with Crippen LogP contribution in [0.25, 0.3) is 21.5 Å². The number of thioether (sulfide) groups is 1. The van der Waals surface area contributed by atoms with Crippen LogP contribution >= 0.6 is 34.4 Å². The first-order chi connectivity index (χ1) is 14.8. The molecule has 6 nitrogen and oxygen atoms in total. The van der Waals surface area contributed by atoms with E-state index >= 15 is 0 Å². The fourth-order valence-electron chi connectivity index (χ4n) is 3.14. The first-order valence-corrected chi connectivity index (χ1v) is 12.5. The Morgan fingerprint density at radius 3 is 2.81 bits per heavy atom. The van der Waals surface area contributed by atoms with E-state index in [9.17, 15) is 9.59 Å². The molecule has 4 rings (SSSR count). The van der Waals surface area contributed by atoms with Gasteiger partial charge in [-0.2, -0.15) is 0 Å². The van der Waals surface area contributed by atoms with Crippen LogP contribution in [0, 0.1) is 20.8 Å². The van der Waals surface area contributed by atoms with Gasteiger partial charge in [0.05, 0.1) is 27.1 Å². The smallest absolute Gasteiger partial charge is 0.259 e. The molecule has 0 aliphatic carbocycles. The Hall–Kier alpha value is -2.49. The van der Waals surface area contributed by atoms with Gasteiger partial charge < -0.3 is 10.3 Å². The largest absolute Gasteiger partial charge is 0.325 e. The van der Waals surface area contributed by atoms with Gasteiger partial charge in [-0.05, 0) is 45.4 Å². The van der Waals surface area contributed by atoms with Crippen LogP contribution in [0.15, 0.2) is 34.4 Å². The van der Waals surface area contributed by atoms with E-state index < -0.39 is 0 Å². The third-order valence-corrected chi connectivity index (χ3v) is 8.00. The van der Waals surface area contributed by atoms with Crippen molar-refractivity contribution in [2.24, 2.45) is 0 Å². The number of carbonyl (C=O) groups is 1. The van der Waals surface area contributed by atoms with Crippen LogP contribution in [-0.4, -0.2) is 26.1 Å². The highest BCUT2D eigenvalue weighted by Crippen LogP contribution is 2.27. The van der Waals surface area contributed by atoms with Crippen molar-refractivity contribution >= 4 is 56.2 Å². The summed E-state index contributed by atoms with van der Waals surface area (Å²) in [6.07, 6.45) is 0. The van der Waals surface area contributed by atoms with Crippen LogP contribution in [0.4, 0.5) is 5.69 Å². The lowest BCUT2D eigenvalue weighted by Gasteiger charge is -2.12. The van der Waals surface area contributed by atoms with Gasteiger partial charge in [-0.1, -0.05) is 12.1 Å². The maximum Gasteiger partial charge on any atom is 0.259 e. The molecule has 0 radical (unpaired) electrons. The van der Waals surface area contributed by atoms with Gasteiger partial charge in [0.1, 0.15) is 10.7 Å². The van der Waals surface area contributed by atoms with Crippen LogP contribution in [0.3, 0.4) is 0 Å². The molecule has 0 aliphatic rings. The number of amides is 1. The number of rotatable bonds is 6. The summed E-state index contributed by atoms with van der Waals surface area (Å²) in [4.78, 5) is 38.9. The Bertz CT molecular complexity index is 1320. The SMILES string of the molecule is Cc1nc(-c2cccc(NC(=O)C(C)SCc3nc4sc(C)c(C)c4c(=O)[nH]3)c2)cs1. The molecule has 0 spiro atoms. The number of fused-ring (bicyclic) bond motifs is 1. The molecule has 3 heterocycles. The molecule has 3 aromatic heterocycles. The van der Waals surface area contributed by atoms with Crippen molar-refractivity contribution in [2.45, 2.75) is 38.7 Å². The Labute approximate surface area is 192 Å². The van der Waals surface area contributed by atoms with Crippen LogP contribution in [0.5, 0.6) is 0 Å². The molecular formula is C22H22N4O2S3. The van der Waals surface area contributed by atoms with Gasteiger partial charge in [0.2, 0.25) is 5.91 Å². The van der Waals surface area contributed by atoms with Gasteiger partial charge in [0, 0.05) is 21.5 Å². The molecule has 4 aromatic rings. The number of carbonyl (C=O) groups excluding carboxylic acids is 1. The zero-order chi connectivity index (χ0) is 22.1. The molecule has 1 unspecified atom stereocenters. The van der Waals surface area contributed by atoms with E-state index in [1.165, 1.54) is 23.1 Å². The van der Waals surface area contributed by atoms with Gasteiger partial charge in [-0.3, -0.25) is 9.59 Å². The molecule has 2 N–H and O–H groups in total. The van der Waals surface area contributed by atoms with Crippen LogP contribution in [-0.2, 0) is 10.5 Å². The van der Waals surface area contributed by atoms with Gasteiger partial charge >= 0.3 is 0 Å². The van der Waals surface area contributed by atoms with E-state index in [1.54, 1.807) is 11.3 Å². The average molecular weight is 471 g/mol. The summed E-state index contributed by atoms with van der Waals surface area (Å²) in [6, 6.07) is 7.69. The van der Waals surface area contributed by atoms with Crippen molar-refractivity contribution in [3.05, 3.63) is 61.3 Å². The number of thiophene rings is 1. The monoisotopic (exact) mass is 470 g/mol. The Morgan fingerprint density at radius 2 is 2.06 bits per heavy atom. The molecular weight excluding hydrogens is 448 g/mol. The number of H-pyrrole nitrogens is 1. The minimum Gasteiger partial charge on any atom is -0.325 e. The van der Waals surface area contributed by atoms with Crippen LogP contribution in [0.2, 0.25) is 0 Å². The van der Waals surface area contributed by atoms with Crippen LogP contribution in [0.1, 0.15) is 28.2 Å². The summed E-state index contributed by atoms with van der Waals surface area (Å²) in [7, 11) is 0. The fourth-order valence-corrected chi connectivity index (χ4v) is 5.57. The second kappa shape index (κ2) is 8.94. The van der Waals surface area contributed by atoms with Gasteiger partial charge in [0.15, 0.2) is 0 Å². The van der Waals surface area contributed by atoms with E-state index in [-0.39, 0.29) is 16.7 Å². The molecule has 0 fully saturated rings. The molecule has 1 amide bonds. The van der Waals surface area contributed by atoms with Crippen molar-refractivity contribution in [1.82, 2.24) is 15.0 Å². The first-order valence-electron chi connectivity index (χ1n) is 9.75. The quantitative estimate of drug-likeness (QED) is 0.400. The number of aromatic amines is 1. The number of thiazole rings is 1. The van der Waals surface area contributed by atoms with E-state index in [1.807, 2.05) is 57.3 Å². The van der Waals surface area contributed by atoms with E-state index in [4.69, 9.17) is 0 Å². The van der Waals surface area contributed by atoms with Gasteiger partial charge in [0.25, 0.3) is 5.56 Å². The van der Waals surface area contributed by atoms with Crippen molar-refractivity contribution in [1.29, 1.82) is 0 Å². The summed E-state index contributed by atoms with van der Waals surface area (Å²) >= 11 is 4.56. The number of anilines is 1. The average Bonchev–Trinajstić information content (AvgIpc) is 3.29. The summed E-state index contributed by atoms with van der Waals surface area (Å²) in [5, 5.41) is 6.35. The summed E-state index contributed by atoms with van der Waals surface area (Å²) < 4.78 is 0. The predicted molar refractivity (Wildman–Crippen MR) is 131 cm³/mol. The van der Waals surface area contributed by atoms with Crippen molar-refractivity contribution in [3.8, 4) is 11.3 Å². The number of aryl methyl sites for hydroxylation is 3. The van der Waals surface area contributed by atoms with Crippen LogP contribution < -0.4 is 10.9 Å². The van der Waals surface area contributed by atoms with Crippen molar-refractivity contribution < 1.29 is 4.79 Å². The highest BCUT2D eigenvalue weighted by Gasteiger charge is 2.17. The molecule has 0 aliphatic heterocycles. The first kappa shape index (κ1) is 21.7. The van der Waals surface area contributed by atoms with Gasteiger partial charge in [-0.15, -0.1) is 34.4 Å². The second-order valence-electron chi connectivity index (χ2n) is 7.25. The second-order valence-corrected chi connectivity index (χ2v) is 10.8. The number of hydrogen-bond acceptors (Lipinski definition) is 7. The topological polar surface area (TPSA) is 87.7 Å². The number of hydrogen-bond donors (Lipinski definition) is 2. The number of benzene rings is 1. The molecule has 1 atom stereocenters. The molecule has 160 valence electrons. The zero-order valence-corrected chi connectivity index (χ0v) is 20.1. The third kappa shape index (κ3) is 4.73. The van der Waals surface area contributed by atoms with E-state index in [2.05, 4.69) is 20.3 Å². The van der Waals surface area contributed by atoms with Gasteiger partial charge in [-0.25, -0.2) is 9.97 Å². The normalized spacial score (nSPS) is 12.3. The summed E-state index contributed by atoms with van der Waals surface area (Å²) in [5.41, 5.74) is 3.48. The van der Waals surface area contributed by atoms with Crippen molar-refractivity contribution in [2.75, 3.05) is 5.32 Å².